The molecular formula is C21H19ClN6O2S. The van der Waals surface area contributed by atoms with Crippen LogP contribution in [0.15, 0.2) is 48.0 Å². The molecule has 4 aromatic rings. The van der Waals surface area contributed by atoms with Crippen LogP contribution < -0.4 is 5.32 Å². The molecule has 0 aliphatic carbocycles. The first kappa shape index (κ1) is 20.1. The molecule has 1 N–H and O–H groups in total. The van der Waals surface area contributed by atoms with E-state index in [-0.39, 0.29) is 5.91 Å². The summed E-state index contributed by atoms with van der Waals surface area (Å²) in [5, 5.41) is 10.6. The molecule has 5 rings (SSSR count). The van der Waals surface area contributed by atoms with Crippen molar-refractivity contribution in [2.75, 3.05) is 31.6 Å². The third kappa shape index (κ3) is 4.45. The Morgan fingerprint density at radius 3 is 2.94 bits per heavy atom. The summed E-state index contributed by atoms with van der Waals surface area (Å²) in [6.07, 6.45) is 1.52. The van der Waals surface area contributed by atoms with Crippen molar-refractivity contribution >= 4 is 39.6 Å². The topological polar surface area (TPSA) is 84.7 Å². The van der Waals surface area contributed by atoms with Crippen LogP contribution in [0, 0.1) is 0 Å². The van der Waals surface area contributed by atoms with Gasteiger partial charge < -0.3 is 4.74 Å². The van der Waals surface area contributed by atoms with Gasteiger partial charge in [0.25, 0.3) is 5.91 Å². The highest BCUT2D eigenvalue weighted by Crippen LogP contribution is 2.22. The minimum atomic E-state index is -0.310. The van der Waals surface area contributed by atoms with E-state index < -0.39 is 0 Å². The van der Waals surface area contributed by atoms with Gasteiger partial charge >= 0.3 is 0 Å². The van der Waals surface area contributed by atoms with Crippen LogP contribution in [0.5, 0.6) is 0 Å². The third-order valence-corrected chi connectivity index (χ3v) is 6.02. The second-order valence-corrected chi connectivity index (χ2v) is 8.42. The summed E-state index contributed by atoms with van der Waals surface area (Å²) >= 11 is 7.51. The molecule has 4 heterocycles. The molecule has 1 aliphatic rings. The molecular weight excluding hydrogens is 436 g/mol. The van der Waals surface area contributed by atoms with E-state index in [2.05, 4.69) is 25.3 Å². The normalized spacial score (nSPS) is 14.7. The lowest BCUT2D eigenvalue weighted by Crippen LogP contribution is -2.35. The fraction of sp³-hybridized carbons (Fsp3) is 0.238. The quantitative estimate of drug-likeness (QED) is 0.496. The summed E-state index contributed by atoms with van der Waals surface area (Å²) in [5.74, 6) is -0.310. The number of carbonyl (C=O) groups is 1. The number of nitrogens with zero attached hydrogens (tertiary/aromatic N) is 5. The molecule has 1 fully saturated rings. The lowest BCUT2D eigenvalue weighted by atomic mass is 10.1. The van der Waals surface area contributed by atoms with Crippen LogP contribution in [-0.2, 0) is 11.3 Å². The first-order valence-corrected chi connectivity index (χ1v) is 11.1. The molecule has 1 saturated heterocycles. The molecule has 0 atom stereocenters. The number of imidazole rings is 1. The number of anilines is 1. The largest absolute Gasteiger partial charge is 0.379 e. The second kappa shape index (κ2) is 8.72. The zero-order chi connectivity index (χ0) is 21.2. The highest BCUT2D eigenvalue weighted by atomic mass is 35.5. The van der Waals surface area contributed by atoms with Gasteiger partial charge in [0, 0.05) is 35.6 Å². The fourth-order valence-electron chi connectivity index (χ4n) is 3.42. The SMILES string of the molecule is O=C(Nc1nc(CN2CCOCC2)cs1)c1cnc2ccc(-c3cccc(Cl)c3)nn12. The van der Waals surface area contributed by atoms with Crippen LogP contribution >= 0.6 is 22.9 Å². The number of halogens is 1. The molecule has 0 spiro atoms. The lowest BCUT2D eigenvalue weighted by molar-refractivity contribution is 0.0337. The first-order chi connectivity index (χ1) is 15.2. The van der Waals surface area contributed by atoms with E-state index in [0.717, 1.165) is 44.1 Å². The highest BCUT2D eigenvalue weighted by molar-refractivity contribution is 7.13. The van der Waals surface area contributed by atoms with Crippen molar-refractivity contribution in [3.05, 3.63) is 64.4 Å². The number of hydrogen-bond donors (Lipinski definition) is 1. The molecule has 0 saturated carbocycles. The van der Waals surface area contributed by atoms with E-state index in [1.807, 2.05) is 35.7 Å². The maximum atomic E-state index is 12.9. The number of thiazole rings is 1. The Bertz CT molecular complexity index is 1230. The molecule has 1 amide bonds. The Hall–Kier alpha value is -2.85. The Balaban J connectivity index is 1.34. The predicted molar refractivity (Wildman–Crippen MR) is 120 cm³/mol. The molecule has 0 radical (unpaired) electrons. The number of nitrogens with one attached hydrogen (secondary N) is 1. The van der Waals surface area contributed by atoms with Crippen LogP contribution in [0.25, 0.3) is 16.9 Å². The number of rotatable bonds is 5. The zero-order valence-electron chi connectivity index (χ0n) is 16.5. The molecule has 158 valence electrons. The Kier molecular flexibility index (Phi) is 5.65. The number of morpholine rings is 1. The van der Waals surface area contributed by atoms with Crippen LogP contribution in [0.2, 0.25) is 5.02 Å². The predicted octanol–water partition coefficient (Wildman–Crippen LogP) is 3.59. The van der Waals surface area contributed by atoms with Crippen LogP contribution in [0.3, 0.4) is 0 Å². The van der Waals surface area contributed by atoms with Crippen molar-refractivity contribution in [2.24, 2.45) is 0 Å². The average molecular weight is 455 g/mol. The molecule has 0 unspecified atom stereocenters. The van der Waals surface area contributed by atoms with Crippen molar-refractivity contribution in [3.8, 4) is 11.3 Å². The number of amides is 1. The number of benzene rings is 1. The molecule has 3 aromatic heterocycles. The van der Waals surface area contributed by atoms with E-state index in [1.165, 1.54) is 22.0 Å². The van der Waals surface area contributed by atoms with Gasteiger partial charge in [-0.3, -0.25) is 15.0 Å². The van der Waals surface area contributed by atoms with Crippen molar-refractivity contribution in [3.63, 3.8) is 0 Å². The van der Waals surface area contributed by atoms with Gasteiger partial charge in [-0.05, 0) is 24.3 Å². The summed E-state index contributed by atoms with van der Waals surface area (Å²) in [4.78, 5) is 24.0. The van der Waals surface area contributed by atoms with E-state index in [1.54, 1.807) is 6.07 Å². The van der Waals surface area contributed by atoms with E-state index in [9.17, 15) is 4.79 Å². The number of fused-ring (bicyclic) bond motifs is 1. The highest BCUT2D eigenvalue weighted by Gasteiger charge is 2.17. The average Bonchev–Trinajstić information content (AvgIpc) is 3.40. The summed E-state index contributed by atoms with van der Waals surface area (Å²) < 4.78 is 6.91. The smallest absolute Gasteiger partial charge is 0.277 e. The second-order valence-electron chi connectivity index (χ2n) is 7.13. The Morgan fingerprint density at radius 1 is 1.23 bits per heavy atom. The maximum absolute atomic E-state index is 12.9. The van der Waals surface area contributed by atoms with Gasteiger partial charge in [-0.2, -0.15) is 5.10 Å². The maximum Gasteiger partial charge on any atom is 0.277 e. The van der Waals surface area contributed by atoms with Crippen LogP contribution in [0.4, 0.5) is 5.13 Å². The number of ether oxygens (including phenoxy) is 1. The first-order valence-electron chi connectivity index (χ1n) is 9.82. The molecule has 0 bridgehead atoms. The van der Waals surface area contributed by atoms with Crippen molar-refractivity contribution in [1.29, 1.82) is 0 Å². The van der Waals surface area contributed by atoms with Gasteiger partial charge in [-0.1, -0.05) is 23.7 Å². The zero-order valence-corrected chi connectivity index (χ0v) is 18.1. The summed E-state index contributed by atoms with van der Waals surface area (Å²) in [6, 6.07) is 11.1. The van der Waals surface area contributed by atoms with Gasteiger partial charge in [-0.25, -0.2) is 14.5 Å². The van der Waals surface area contributed by atoms with Gasteiger partial charge in [0.1, 0.15) is 0 Å². The Labute approximate surface area is 187 Å². The summed E-state index contributed by atoms with van der Waals surface area (Å²) in [6.45, 7) is 4.01. The van der Waals surface area contributed by atoms with E-state index in [0.29, 0.717) is 27.2 Å². The van der Waals surface area contributed by atoms with Gasteiger partial charge in [0.15, 0.2) is 16.5 Å². The lowest BCUT2D eigenvalue weighted by Gasteiger charge is -2.25. The minimum Gasteiger partial charge on any atom is -0.379 e. The number of aromatic nitrogens is 4. The molecule has 8 nitrogen and oxygen atoms in total. The minimum absolute atomic E-state index is 0.310. The standard InChI is InChI=1S/C21H19ClN6O2S/c22-15-3-1-2-14(10-15)17-4-5-19-23-11-18(28(19)26-17)20(29)25-21-24-16(13-31-21)12-27-6-8-30-9-7-27/h1-5,10-11,13H,6-9,12H2,(H,24,25,29). The molecule has 31 heavy (non-hydrogen) atoms. The van der Waals surface area contributed by atoms with E-state index >= 15 is 0 Å². The molecule has 1 aliphatic heterocycles. The van der Waals surface area contributed by atoms with Gasteiger partial charge in [0.2, 0.25) is 0 Å². The Morgan fingerprint density at radius 2 is 2.10 bits per heavy atom. The molecule has 10 heteroatoms. The summed E-state index contributed by atoms with van der Waals surface area (Å²) in [5.41, 5.74) is 3.42. The van der Waals surface area contributed by atoms with Crippen LogP contribution in [0.1, 0.15) is 16.2 Å². The summed E-state index contributed by atoms with van der Waals surface area (Å²) in [7, 11) is 0. The molecule has 1 aromatic carbocycles. The van der Waals surface area contributed by atoms with Gasteiger partial charge in [-0.15, -0.1) is 11.3 Å². The van der Waals surface area contributed by atoms with Gasteiger partial charge in [0.05, 0.1) is 30.8 Å². The monoisotopic (exact) mass is 454 g/mol. The third-order valence-electron chi connectivity index (χ3n) is 4.98. The number of carbonyl (C=O) groups excluding carboxylic acids is 1. The van der Waals surface area contributed by atoms with Crippen molar-refractivity contribution < 1.29 is 9.53 Å². The fourth-order valence-corrected chi connectivity index (χ4v) is 4.30. The van der Waals surface area contributed by atoms with E-state index in [4.69, 9.17) is 16.3 Å². The van der Waals surface area contributed by atoms with Crippen molar-refractivity contribution in [2.45, 2.75) is 6.54 Å². The number of hydrogen-bond acceptors (Lipinski definition) is 7. The van der Waals surface area contributed by atoms with Crippen molar-refractivity contribution in [1.82, 2.24) is 24.5 Å². The van der Waals surface area contributed by atoms with Crippen LogP contribution in [-0.4, -0.2) is 56.7 Å².